The number of nitrogens with one attached hydrogen (secondary N) is 1. The summed E-state index contributed by atoms with van der Waals surface area (Å²) < 4.78 is 18.9. The Morgan fingerprint density at radius 2 is 2.00 bits per heavy atom. The highest BCUT2D eigenvalue weighted by molar-refractivity contribution is 5.91. The van der Waals surface area contributed by atoms with Crippen LogP contribution in [0.4, 0.5) is 0 Å². The summed E-state index contributed by atoms with van der Waals surface area (Å²) in [4.78, 5) is 16.9. The van der Waals surface area contributed by atoms with Crippen LogP contribution in [0.25, 0.3) is 17.1 Å². The van der Waals surface area contributed by atoms with Gasteiger partial charge in [-0.15, -0.1) is 0 Å². The zero-order valence-electron chi connectivity index (χ0n) is 20.2. The van der Waals surface area contributed by atoms with E-state index in [0.29, 0.717) is 18.9 Å². The predicted molar refractivity (Wildman–Crippen MR) is 137 cm³/mol. The molecular formula is C28H31N3O4. The van der Waals surface area contributed by atoms with Crippen molar-refractivity contribution in [1.82, 2.24) is 14.9 Å². The number of methoxy groups -OCH3 is 1. The van der Waals surface area contributed by atoms with Gasteiger partial charge in [-0.05, 0) is 61.7 Å². The van der Waals surface area contributed by atoms with Crippen molar-refractivity contribution in [3.63, 3.8) is 0 Å². The standard InChI is InChI=1S/C28H31N3O4/c1-3-9-21-14-15-24(26(20-21)33-2)34-19-8-17-31-23-11-5-4-10-22(23)30-27(31)13-6-16-29-28(32)25-12-7-18-35-25/h3-5,7,9-12,14-15,18,20H,6,8,13,16-17,19H2,1-2H3,(H,29,32)/b9-3+. The number of carbonyl (C=O) groups excluding carboxylic acids is 1. The first kappa shape index (κ1) is 24.1. The molecule has 7 nitrogen and oxygen atoms in total. The van der Waals surface area contributed by atoms with Gasteiger partial charge in [0.25, 0.3) is 5.91 Å². The minimum Gasteiger partial charge on any atom is -0.493 e. The first-order valence-corrected chi connectivity index (χ1v) is 11.9. The monoisotopic (exact) mass is 473 g/mol. The molecule has 7 heteroatoms. The van der Waals surface area contributed by atoms with Crippen LogP contribution in [0.5, 0.6) is 11.5 Å². The topological polar surface area (TPSA) is 78.5 Å². The molecule has 2 aromatic carbocycles. The van der Waals surface area contributed by atoms with E-state index in [1.807, 2.05) is 55.5 Å². The molecule has 2 aromatic heterocycles. The lowest BCUT2D eigenvalue weighted by Crippen LogP contribution is -2.24. The summed E-state index contributed by atoms with van der Waals surface area (Å²) in [5, 5.41) is 2.90. The SMILES string of the molecule is C/C=C/c1ccc(OCCCn2c(CCCNC(=O)c3ccco3)nc3ccccc32)c(OC)c1. The fourth-order valence-electron chi connectivity index (χ4n) is 4.01. The van der Waals surface area contributed by atoms with Crippen LogP contribution in [0, 0.1) is 0 Å². The molecule has 35 heavy (non-hydrogen) atoms. The number of rotatable bonds is 12. The number of fused-ring (bicyclic) bond motifs is 1. The van der Waals surface area contributed by atoms with E-state index in [1.54, 1.807) is 19.2 Å². The minimum atomic E-state index is -0.199. The summed E-state index contributed by atoms with van der Waals surface area (Å²) in [6.07, 6.45) is 7.88. The van der Waals surface area contributed by atoms with Crippen LogP contribution < -0.4 is 14.8 Å². The number of furan rings is 1. The minimum absolute atomic E-state index is 0.199. The smallest absolute Gasteiger partial charge is 0.286 e. The quantitative estimate of drug-likeness (QED) is 0.275. The lowest BCUT2D eigenvalue weighted by Gasteiger charge is -2.13. The third kappa shape index (κ3) is 6.12. The highest BCUT2D eigenvalue weighted by atomic mass is 16.5. The molecule has 0 saturated carbocycles. The number of hydrogen-bond donors (Lipinski definition) is 1. The van der Waals surface area contributed by atoms with Crippen molar-refractivity contribution in [2.24, 2.45) is 0 Å². The van der Waals surface area contributed by atoms with Crippen molar-refractivity contribution in [2.45, 2.75) is 32.7 Å². The van der Waals surface area contributed by atoms with Gasteiger partial charge in [0.2, 0.25) is 0 Å². The Morgan fingerprint density at radius 3 is 2.80 bits per heavy atom. The molecule has 0 fully saturated rings. The highest BCUT2D eigenvalue weighted by Crippen LogP contribution is 2.29. The number of allylic oxidation sites excluding steroid dienone is 1. The first-order valence-electron chi connectivity index (χ1n) is 11.9. The molecule has 0 saturated heterocycles. The Morgan fingerprint density at radius 1 is 1.11 bits per heavy atom. The Hall–Kier alpha value is -4.00. The lowest BCUT2D eigenvalue weighted by molar-refractivity contribution is 0.0925. The van der Waals surface area contributed by atoms with Crippen LogP contribution >= 0.6 is 0 Å². The fourth-order valence-corrected chi connectivity index (χ4v) is 4.01. The van der Waals surface area contributed by atoms with Gasteiger partial charge in [-0.1, -0.05) is 30.4 Å². The van der Waals surface area contributed by atoms with Crippen molar-refractivity contribution < 1.29 is 18.7 Å². The predicted octanol–water partition coefficient (Wildman–Crippen LogP) is 5.50. The van der Waals surface area contributed by atoms with Gasteiger partial charge in [-0.25, -0.2) is 4.98 Å². The van der Waals surface area contributed by atoms with Gasteiger partial charge in [0, 0.05) is 19.5 Å². The summed E-state index contributed by atoms with van der Waals surface area (Å²) in [6.45, 7) is 3.88. The molecule has 1 N–H and O–H groups in total. The number of carbonyl (C=O) groups is 1. The molecule has 0 aliphatic heterocycles. The maximum Gasteiger partial charge on any atom is 0.286 e. The van der Waals surface area contributed by atoms with Crippen LogP contribution in [-0.4, -0.2) is 35.7 Å². The van der Waals surface area contributed by atoms with E-state index >= 15 is 0 Å². The molecule has 0 radical (unpaired) electrons. The van der Waals surface area contributed by atoms with E-state index in [0.717, 1.165) is 59.7 Å². The Kier molecular flexibility index (Phi) is 8.22. The van der Waals surface area contributed by atoms with Crippen molar-refractivity contribution in [3.05, 3.63) is 84.1 Å². The van der Waals surface area contributed by atoms with Crippen LogP contribution in [-0.2, 0) is 13.0 Å². The van der Waals surface area contributed by atoms with E-state index in [9.17, 15) is 4.79 Å². The maximum atomic E-state index is 12.1. The second-order valence-electron chi connectivity index (χ2n) is 8.12. The number of para-hydroxylation sites is 2. The van der Waals surface area contributed by atoms with Crippen LogP contribution in [0.3, 0.4) is 0 Å². The van der Waals surface area contributed by atoms with Gasteiger partial charge in [0.15, 0.2) is 17.3 Å². The molecule has 2 heterocycles. The molecule has 182 valence electrons. The third-order valence-electron chi connectivity index (χ3n) is 5.67. The molecule has 0 aliphatic carbocycles. The van der Waals surface area contributed by atoms with Gasteiger partial charge >= 0.3 is 0 Å². The summed E-state index contributed by atoms with van der Waals surface area (Å²) in [7, 11) is 1.66. The second kappa shape index (κ2) is 11.9. The number of aryl methyl sites for hydroxylation is 2. The zero-order valence-corrected chi connectivity index (χ0v) is 20.2. The van der Waals surface area contributed by atoms with Crippen molar-refractivity contribution in [1.29, 1.82) is 0 Å². The Bertz CT molecular complexity index is 1270. The van der Waals surface area contributed by atoms with Gasteiger partial charge in [-0.2, -0.15) is 0 Å². The largest absolute Gasteiger partial charge is 0.493 e. The number of hydrogen-bond acceptors (Lipinski definition) is 5. The molecule has 4 aromatic rings. The van der Waals surface area contributed by atoms with E-state index in [2.05, 4.69) is 16.0 Å². The van der Waals surface area contributed by atoms with Gasteiger partial charge in [0.1, 0.15) is 5.82 Å². The van der Waals surface area contributed by atoms with Crippen LogP contribution in [0.2, 0.25) is 0 Å². The van der Waals surface area contributed by atoms with Crippen LogP contribution in [0.15, 0.2) is 71.4 Å². The van der Waals surface area contributed by atoms with E-state index in [-0.39, 0.29) is 5.91 Å². The molecule has 4 rings (SSSR count). The molecule has 0 bridgehead atoms. The van der Waals surface area contributed by atoms with E-state index in [1.165, 1.54) is 6.26 Å². The van der Waals surface area contributed by atoms with Crippen molar-refractivity contribution >= 4 is 23.0 Å². The molecule has 0 atom stereocenters. The number of aromatic nitrogens is 2. The molecule has 1 amide bonds. The molecular weight excluding hydrogens is 442 g/mol. The summed E-state index contributed by atoms with van der Waals surface area (Å²) in [5.41, 5.74) is 3.16. The van der Waals surface area contributed by atoms with E-state index < -0.39 is 0 Å². The first-order chi connectivity index (χ1) is 17.2. The average Bonchev–Trinajstić information content (AvgIpc) is 3.54. The number of ether oxygens (including phenoxy) is 2. The molecule has 0 aliphatic rings. The number of amides is 1. The van der Waals surface area contributed by atoms with Gasteiger partial charge in [0.05, 0.1) is 31.0 Å². The highest BCUT2D eigenvalue weighted by Gasteiger charge is 2.12. The summed E-state index contributed by atoms with van der Waals surface area (Å²) in [5.74, 6) is 2.60. The third-order valence-corrected chi connectivity index (χ3v) is 5.67. The summed E-state index contributed by atoms with van der Waals surface area (Å²) >= 11 is 0. The normalized spacial score (nSPS) is 11.3. The summed E-state index contributed by atoms with van der Waals surface area (Å²) in [6, 6.07) is 17.4. The molecule has 0 spiro atoms. The Labute approximate surface area is 205 Å². The van der Waals surface area contributed by atoms with Crippen molar-refractivity contribution in [2.75, 3.05) is 20.3 Å². The second-order valence-corrected chi connectivity index (χ2v) is 8.12. The zero-order chi connectivity index (χ0) is 24.5. The fraction of sp³-hybridized carbons (Fsp3) is 0.286. The molecule has 0 unspecified atom stereocenters. The van der Waals surface area contributed by atoms with Crippen molar-refractivity contribution in [3.8, 4) is 11.5 Å². The van der Waals surface area contributed by atoms with E-state index in [4.69, 9.17) is 18.9 Å². The average molecular weight is 474 g/mol. The maximum absolute atomic E-state index is 12.1. The van der Waals surface area contributed by atoms with Gasteiger partial charge in [-0.3, -0.25) is 4.79 Å². The lowest BCUT2D eigenvalue weighted by atomic mass is 10.2. The number of benzene rings is 2. The number of imidazole rings is 1. The number of nitrogens with zero attached hydrogens (tertiary/aromatic N) is 2. The van der Waals surface area contributed by atoms with Gasteiger partial charge < -0.3 is 23.8 Å². The van der Waals surface area contributed by atoms with Crippen LogP contribution in [0.1, 0.15) is 41.7 Å². The Balaban J connectivity index is 1.34.